The standard InChI is InChI=1S/C12H23N3/c1-4-11(5-2)9-15-10-12(8-14-15)7-13-6-3/h8,10-11,13H,4-7,9H2,1-3H3. The third kappa shape index (κ3) is 4.04. The molecule has 0 aromatic carbocycles. The maximum absolute atomic E-state index is 4.38. The van der Waals surface area contributed by atoms with Crippen molar-refractivity contribution in [3.8, 4) is 0 Å². The zero-order valence-corrected chi connectivity index (χ0v) is 10.2. The minimum atomic E-state index is 0.761. The average Bonchev–Trinajstić information content (AvgIpc) is 2.70. The van der Waals surface area contributed by atoms with Gasteiger partial charge in [-0.3, -0.25) is 4.68 Å². The van der Waals surface area contributed by atoms with Crippen LogP contribution in [0, 0.1) is 5.92 Å². The molecule has 0 aliphatic carbocycles. The van der Waals surface area contributed by atoms with Crippen LogP contribution in [0.25, 0.3) is 0 Å². The van der Waals surface area contributed by atoms with Crippen molar-refractivity contribution in [2.75, 3.05) is 6.54 Å². The molecule has 0 spiro atoms. The molecule has 0 saturated carbocycles. The van der Waals surface area contributed by atoms with Crippen LogP contribution in [0.5, 0.6) is 0 Å². The smallest absolute Gasteiger partial charge is 0.0534 e. The fraction of sp³-hybridized carbons (Fsp3) is 0.750. The molecule has 15 heavy (non-hydrogen) atoms. The van der Waals surface area contributed by atoms with Gasteiger partial charge in [-0.05, 0) is 12.5 Å². The second kappa shape index (κ2) is 6.62. The van der Waals surface area contributed by atoms with Crippen LogP contribution in [0.4, 0.5) is 0 Å². The molecular weight excluding hydrogens is 186 g/mol. The number of nitrogens with one attached hydrogen (secondary N) is 1. The Labute approximate surface area is 92.9 Å². The fourth-order valence-corrected chi connectivity index (χ4v) is 1.68. The Morgan fingerprint density at radius 3 is 2.67 bits per heavy atom. The lowest BCUT2D eigenvalue weighted by atomic mass is 10.0. The van der Waals surface area contributed by atoms with E-state index in [0.29, 0.717) is 0 Å². The molecule has 1 N–H and O–H groups in total. The van der Waals surface area contributed by atoms with Gasteiger partial charge in [0.25, 0.3) is 0 Å². The minimum absolute atomic E-state index is 0.761. The lowest BCUT2D eigenvalue weighted by molar-refractivity contribution is 0.396. The van der Waals surface area contributed by atoms with Gasteiger partial charge in [0.2, 0.25) is 0 Å². The Hall–Kier alpha value is -0.830. The molecule has 0 aliphatic rings. The second-order valence-corrected chi connectivity index (χ2v) is 4.03. The van der Waals surface area contributed by atoms with Crippen LogP contribution < -0.4 is 5.32 Å². The molecule has 0 amide bonds. The highest BCUT2D eigenvalue weighted by atomic mass is 15.3. The van der Waals surface area contributed by atoms with Gasteiger partial charge in [-0.2, -0.15) is 5.10 Å². The summed E-state index contributed by atoms with van der Waals surface area (Å²) >= 11 is 0. The zero-order chi connectivity index (χ0) is 11.1. The van der Waals surface area contributed by atoms with Crippen molar-refractivity contribution >= 4 is 0 Å². The van der Waals surface area contributed by atoms with E-state index in [9.17, 15) is 0 Å². The van der Waals surface area contributed by atoms with E-state index >= 15 is 0 Å². The monoisotopic (exact) mass is 209 g/mol. The number of hydrogen-bond donors (Lipinski definition) is 1. The van der Waals surface area contributed by atoms with Gasteiger partial charge in [-0.1, -0.05) is 33.6 Å². The van der Waals surface area contributed by atoms with Gasteiger partial charge in [0.05, 0.1) is 6.20 Å². The van der Waals surface area contributed by atoms with Gasteiger partial charge in [-0.25, -0.2) is 0 Å². The molecule has 1 rings (SSSR count). The largest absolute Gasteiger partial charge is 0.313 e. The Kier molecular flexibility index (Phi) is 5.40. The summed E-state index contributed by atoms with van der Waals surface area (Å²) < 4.78 is 2.07. The quantitative estimate of drug-likeness (QED) is 0.747. The highest BCUT2D eigenvalue weighted by Crippen LogP contribution is 2.10. The molecule has 0 atom stereocenters. The second-order valence-electron chi connectivity index (χ2n) is 4.03. The Balaban J connectivity index is 2.44. The van der Waals surface area contributed by atoms with E-state index in [1.165, 1.54) is 18.4 Å². The average molecular weight is 209 g/mol. The number of hydrogen-bond acceptors (Lipinski definition) is 2. The van der Waals surface area contributed by atoms with Crippen LogP contribution in [-0.4, -0.2) is 16.3 Å². The molecule has 1 aromatic heterocycles. The SMILES string of the molecule is CCNCc1cnn(CC(CC)CC)c1. The van der Waals surface area contributed by atoms with E-state index in [1.807, 2.05) is 6.20 Å². The predicted octanol–water partition coefficient (Wildman–Crippen LogP) is 2.43. The molecule has 0 radical (unpaired) electrons. The molecule has 0 bridgehead atoms. The summed E-state index contributed by atoms with van der Waals surface area (Å²) in [6, 6.07) is 0. The van der Waals surface area contributed by atoms with E-state index in [-0.39, 0.29) is 0 Å². The van der Waals surface area contributed by atoms with Gasteiger partial charge in [0.1, 0.15) is 0 Å². The summed E-state index contributed by atoms with van der Waals surface area (Å²) in [4.78, 5) is 0. The lowest BCUT2D eigenvalue weighted by Crippen LogP contribution is -2.11. The fourth-order valence-electron chi connectivity index (χ4n) is 1.68. The van der Waals surface area contributed by atoms with E-state index in [0.717, 1.165) is 25.6 Å². The first-order valence-electron chi connectivity index (χ1n) is 6.02. The van der Waals surface area contributed by atoms with Crippen LogP contribution in [0.15, 0.2) is 12.4 Å². The summed E-state index contributed by atoms with van der Waals surface area (Å²) in [5.41, 5.74) is 1.28. The van der Waals surface area contributed by atoms with Crippen LogP contribution in [0.2, 0.25) is 0 Å². The number of rotatable bonds is 7. The van der Waals surface area contributed by atoms with Gasteiger partial charge >= 0.3 is 0 Å². The van der Waals surface area contributed by atoms with E-state index < -0.39 is 0 Å². The summed E-state index contributed by atoms with van der Waals surface area (Å²) in [5, 5.41) is 7.69. The summed E-state index contributed by atoms with van der Waals surface area (Å²) in [5.74, 6) is 0.761. The third-order valence-electron chi connectivity index (χ3n) is 2.87. The van der Waals surface area contributed by atoms with Crippen LogP contribution >= 0.6 is 0 Å². The topological polar surface area (TPSA) is 29.9 Å². The minimum Gasteiger partial charge on any atom is -0.313 e. The maximum Gasteiger partial charge on any atom is 0.0534 e. The normalized spacial score (nSPS) is 11.2. The molecule has 1 heterocycles. The van der Waals surface area contributed by atoms with E-state index in [2.05, 4.69) is 42.1 Å². The lowest BCUT2D eigenvalue weighted by Gasteiger charge is -2.11. The van der Waals surface area contributed by atoms with Crippen molar-refractivity contribution in [1.82, 2.24) is 15.1 Å². The molecule has 0 unspecified atom stereocenters. The highest BCUT2D eigenvalue weighted by Gasteiger charge is 2.05. The van der Waals surface area contributed by atoms with Crippen molar-refractivity contribution in [3.63, 3.8) is 0 Å². The Bertz CT molecular complexity index is 264. The van der Waals surface area contributed by atoms with Crippen molar-refractivity contribution in [2.24, 2.45) is 5.92 Å². The predicted molar refractivity (Wildman–Crippen MR) is 63.7 cm³/mol. The molecule has 0 fully saturated rings. The molecule has 86 valence electrons. The first-order chi connectivity index (χ1) is 7.30. The Morgan fingerprint density at radius 2 is 2.07 bits per heavy atom. The molecule has 0 saturated heterocycles. The van der Waals surface area contributed by atoms with Crippen molar-refractivity contribution < 1.29 is 0 Å². The molecule has 3 heteroatoms. The van der Waals surface area contributed by atoms with Crippen molar-refractivity contribution in [3.05, 3.63) is 18.0 Å². The molecular formula is C12H23N3. The number of aromatic nitrogens is 2. The highest BCUT2D eigenvalue weighted by molar-refractivity contribution is 5.03. The van der Waals surface area contributed by atoms with Gasteiger partial charge in [-0.15, -0.1) is 0 Å². The van der Waals surface area contributed by atoms with E-state index in [1.54, 1.807) is 0 Å². The zero-order valence-electron chi connectivity index (χ0n) is 10.2. The summed E-state index contributed by atoms with van der Waals surface area (Å²) in [6.45, 7) is 9.61. The summed E-state index contributed by atoms with van der Waals surface area (Å²) in [7, 11) is 0. The molecule has 3 nitrogen and oxygen atoms in total. The van der Waals surface area contributed by atoms with Crippen LogP contribution in [0.3, 0.4) is 0 Å². The maximum atomic E-state index is 4.38. The van der Waals surface area contributed by atoms with Crippen molar-refractivity contribution in [1.29, 1.82) is 0 Å². The molecule has 1 aromatic rings. The van der Waals surface area contributed by atoms with Gasteiger partial charge in [0, 0.05) is 24.8 Å². The first kappa shape index (κ1) is 12.2. The Morgan fingerprint density at radius 1 is 1.33 bits per heavy atom. The van der Waals surface area contributed by atoms with Crippen LogP contribution in [-0.2, 0) is 13.1 Å². The van der Waals surface area contributed by atoms with E-state index in [4.69, 9.17) is 0 Å². The first-order valence-corrected chi connectivity index (χ1v) is 6.02. The summed E-state index contributed by atoms with van der Waals surface area (Å²) in [6.07, 6.45) is 6.59. The van der Waals surface area contributed by atoms with Gasteiger partial charge in [0.15, 0.2) is 0 Å². The third-order valence-corrected chi connectivity index (χ3v) is 2.87. The number of nitrogens with zero attached hydrogens (tertiary/aromatic N) is 2. The van der Waals surface area contributed by atoms with Gasteiger partial charge < -0.3 is 5.32 Å². The van der Waals surface area contributed by atoms with Crippen LogP contribution in [0.1, 0.15) is 39.2 Å². The van der Waals surface area contributed by atoms with Crippen molar-refractivity contribution in [2.45, 2.75) is 46.7 Å². The molecule has 0 aliphatic heterocycles.